The number of amides is 1. The Labute approximate surface area is 159 Å². The van der Waals surface area contributed by atoms with Gasteiger partial charge in [0.25, 0.3) is 5.91 Å². The monoisotopic (exact) mass is 377 g/mol. The van der Waals surface area contributed by atoms with E-state index < -0.39 is 0 Å². The van der Waals surface area contributed by atoms with Crippen LogP contribution in [-0.2, 0) is 6.42 Å². The van der Waals surface area contributed by atoms with Gasteiger partial charge in [-0.05, 0) is 55.7 Å². The molecule has 1 amide bonds. The smallest absolute Gasteiger partial charge is 0.255 e. The second-order valence-electron chi connectivity index (χ2n) is 5.62. The molecule has 2 rings (SSSR count). The Kier molecular flexibility index (Phi) is 7.60. The zero-order valence-electron chi connectivity index (χ0n) is 15.3. The Morgan fingerprint density at radius 1 is 1.04 bits per heavy atom. The first kappa shape index (κ1) is 19.9. The summed E-state index contributed by atoms with van der Waals surface area (Å²) in [7, 11) is 3.15. The third-order valence-electron chi connectivity index (χ3n) is 3.86. The molecule has 0 saturated heterocycles. The molecule has 0 heterocycles. The van der Waals surface area contributed by atoms with E-state index in [4.69, 9.17) is 25.8 Å². The number of halogens is 1. The summed E-state index contributed by atoms with van der Waals surface area (Å²) in [6, 6.07) is 10.9. The summed E-state index contributed by atoms with van der Waals surface area (Å²) in [6.07, 6.45) is 1.61. The summed E-state index contributed by atoms with van der Waals surface area (Å²) in [6.45, 7) is 3.07. The minimum Gasteiger partial charge on any atom is -0.496 e. The molecule has 6 heteroatoms. The predicted octanol–water partition coefficient (Wildman–Crippen LogP) is 4.12. The molecule has 1 N–H and O–H groups in total. The topological polar surface area (TPSA) is 56.8 Å². The second kappa shape index (κ2) is 9.92. The lowest BCUT2D eigenvalue weighted by molar-refractivity contribution is 0.0950. The van der Waals surface area contributed by atoms with Crippen LogP contribution in [0.25, 0.3) is 0 Å². The number of hydrogen-bond acceptors (Lipinski definition) is 4. The average molecular weight is 378 g/mol. The summed E-state index contributed by atoms with van der Waals surface area (Å²) in [5.74, 6) is 1.76. The van der Waals surface area contributed by atoms with E-state index in [-0.39, 0.29) is 5.91 Å². The Hall–Kier alpha value is -2.40. The van der Waals surface area contributed by atoms with Crippen LogP contribution in [0.3, 0.4) is 0 Å². The molecule has 0 aromatic heterocycles. The van der Waals surface area contributed by atoms with Gasteiger partial charge in [0, 0.05) is 11.6 Å². The lowest BCUT2D eigenvalue weighted by atomic mass is 10.1. The molecule has 0 spiro atoms. The van der Waals surface area contributed by atoms with Crippen LogP contribution in [0.4, 0.5) is 0 Å². The van der Waals surface area contributed by atoms with Crippen LogP contribution in [0.2, 0.25) is 5.02 Å². The first-order chi connectivity index (χ1) is 12.6. The zero-order valence-corrected chi connectivity index (χ0v) is 16.1. The SMILES string of the molecule is CCOc1ccc(CCCNC(=O)c2cc(Cl)ccc2OC)cc1OC. The number of carbonyl (C=O) groups excluding carboxylic acids is 1. The fourth-order valence-corrected chi connectivity index (χ4v) is 2.76. The Balaban J connectivity index is 1.89. The maximum atomic E-state index is 12.3. The van der Waals surface area contributed by atoms with E-state index >= 15 is 0 Å². The molecule has 0 aliphatic carbocycles. The average Bonchev–Trinajstić information content (AvgIpc) is 2.66. The zero-order chi connectivity index (χ0) is 18.9. The fourth-order valence-electron chi connectivity index (χ4n) is 2.59. The van der Waals surface area contributed by atoms with E-state index in [2.05, 4.69) is 5.32 Å². The minimum absolute atomic E-state index is 0.200. The Morgan fingerprint density at radius 3 is 2.46 bits per heavy atom. The van der Waals surface area contributed by atoms with Crippen molar-refractivity contribution in [3.63, 3.8) is 0 Å². The maximum absolute atomic E-state index is 12.3. The van der Waals surface area contributed by atoms with Gasteiger partial charge in [-0.15, -0.1) is 0 Å². The standard InChI is InChI=1S/C20H24ClNO4/c1-4-26-18-9-7-14(12-19(18)25-3)6-5-11-22-20(23)16-13-15(21)8-10-17(16)24-2/h7-10,12-13H,4-6,11H2,1-3H3,(H,22,23). The van der Waals surface area contributed by atoms with Crippen molar-refractivity contribution >= 4 is 17.5 Å². The molecule has 0 unspecified atom stereocenters. The number of carbonyl (C=O) groups is 1. The van der Waals surface area contributed by atoms with Gasteiger partial charge in [-0.3, -0.25) is 4.79 Å². The fraction of sp³-hybridized carbons (Fsp3) is 0.350. The van der Waals surface area contributed by atoms with Gasteiger partial charge in [0.1, 0.15) is 5.75 Å². The molecule has 0 aliphatic heterocycles. The second-order valence-corrected chi connectivity index (χ2v) is 6.06. The summed E-state index contributed by atoms with van der Waals surface area (Å²) < 4.78 is 16.1. The van der Waals surface area contributed by atoms with Gasteiger partial charge in [0.05, 0.1) is 26.4 Å². The number of nitrogens with one attached hydrogen (secondary N) is 1. The highest BCUT2D eigenvalue weighted by Crippen LogP contribution is 2.28. The van der Waals surface area contributed by atoms with Crippen molar-refractivity contribution in [1.82, 2.24) is 5.32 Å². The Bertz CT molecular complexity index is 749. The van der Waals surface area contributed by atoms with Crippen molar-refractivity contribution in [2.24, 2.45) is 0 Å². The van der Waals surface area contributed by atoms with Crippen molar-refractivity contribution in [1.29, 1.82) is 0 Å². The third-order valence-corrected chi connectivity index (χ3v) is 4.10. The molecule has 0 atom stereocenters. The van der Waals surface area contributed by atoms with E-state index in [0.29, 0.717) is 29.5 Å². The van der Waals surface area contributed by atoms with Crippen LogP contribution in [-0.4, -0.2) is 33.3 Å². The van der Waals surface area contributed by atoms with E-state index in [1.165, 1.54) is 7.11 Å². The number of aryl methyl sites for hydroxylation is 1. The van der Waals surface area contributed by atoms with E-state index in [1.807, 2.05) is 25.1 Å². The summed E-state index contributed by atoms with van der Waals surface area (Å²) in [5.41, 5.74) is 1.56. The molecule has 140 valence electrons. The van der Waals surface area contributed by atoms with E-state index in [0.717, 1.165) is 29.9 Å². The molecule has 0 bridgehead atoms. The van der Waals surface area contributed by atoms with Gasteiger partial charge in [0.15, 0.2) is 11.5 Å². The molecule has 5 nitrogen and oxygen atoms in total. The summed E-state index contributed by atoms with van der Waals surface area (Å²) >= 11 is 5.97. The van der Waals surface area contributed by atoms with Crippen LogP contribution >= 0.6 is 11.6 Å². The van der Waals surface area contributed by atoms with Crippen molar-refractivity contribution in [2.75, 3.05) is 27.4 Å². The highest BCUT2D eigenvalue weighted by atomic mass is 35.5. The molecule has 0 saturated carbocycles. The largest absolute Gasteiger partial charge is 0.496 e. The van der Waals surface area contributed by atoms with Crippen molar-refractivity contribution in [2.45, 2.75) is 19.8 Å². The number of methoxy groups -OCH3 is 2. The van der Waals surface area contributed by atoms with Crippen LogP contribution in [0.15, 0.2) is 36.4 Å². The first-order valence-corrected chi connectivity index (χ1v) is 8.88. The quantitative estimate of drug-likeness (QED) is 0.668. The minimum atomic E-state index is -0.200. The van der Waals surface area contributed by atoms with Gasteiger partial charge in [-0.2, -0.15) is 0 Å². The molecule has 0 aliphatic rings. The molecule has 0 radical (unpaired) electrons. The van der Waals surface area contributed by atoms with E-state index in [9.17, 15) is 4.79 Å². The van der Waals surface area contributed by atoms with Crippen LogP contribution in [0.5, 0.6) is 17.2 Å². The number of ether oxygens (including phenoxy) is 3. The molecule has 0 fully saturated rings. The number of benzene rings is 2. The van der Waals surface area contributed by atoms with Crippen LogP contribution in [0, 0.1) is 0 Å². The summed E-state index contributed by atoms with van der Waals surface area (Å²) in [4.78, 5) is 12.3. The van der Waals surface area contributed by atoms with Gasteiger partial charge < -0.3 is 19.5 Å². The van der Waals surface area contributed by atoms with Gasteiger partial charge in [-0.25, -0.2) is 0 Å². The van der Waals surface area contributed by atoms with Crippen molar-refractivity contribution in [3.8, 4) is 17.2 Å². The Morgan fingerprint density at radius 2 is 1.77 bits per heavy atom. The summed E-state index contributed by atoms with van der Waals surface area (Å²) in [5, 5.41) is 3.40. The lowest BCUT2D eigenvalue weighted by Gasteiger charge is -2.12. The number of rotatable bonds is 9. The predicted molar refractivity (Wildman–Crippen MR) is 103 cm³/mol. The molecule has 2 aromatic rings. The molecular formula is C20H24ClNO4. The number of hydrogen-bond donors (Lipinski definition) is 1. The van der Waals surface area contributed by atoms with Crippen LogP contribution < -0.4 is 19.5 Å². The third kappa shape index (κ3) is 5.30. The molecular weight excluding hydrogens is 354 g/mol. The van der Waals surface area contributed by atoms with Gasteiger partial charge in [0.2, 0.25) is 0 Å². The lowest BCUT2D eigenvalue weighted by Crippen LogP contribution is -2.25. The maximum Gasteiger partial charge on any atom is 0.255 e. The molecule has 2 aromatic carbocycles. The van der Waals surface area contributed by atoms with Crippen molar-refractivity contribution < 1.29 is 19.0 Å². The van der Waals surface area contributed by atoms with Gasteiger partial charge in [-0.1, -0.05) is 17.7 Å². The van der Waals surface area contributed by atoms with Crippen molar-refractivity contribution in [3.05, 3.63) is 52.5 Å². The molecule has 26 heavy (non-hydrogen) atoms. The normalized spacial score (nSPS) is 10.3. The first-order valence-electron chi connectivity index (χ1n) is 8.50. The van der Waals surface area contributed by atoms with Crippen LogP contribution in [0.1, 0.15) is 29.3 Å². The van der Waals surface area contributed by atoms with Gasteiger partial charge >= 0.3 is 0 Å². The van der Waals surface area contributed by atoms with E-state index in [1.54, 1.807) is 25.3 Å². The highest BCUT2D eigenvalue weighted by Gasteiger charge is 2.12. The highest BCUT2D eigenvalue weighted by molar-refractivity contribution is 6.31.